The summed E-state index contributed by atoms with van der Waals surface area (Å²) in [6.45, 7) is 2.57. The van der Waals surface area contributed by atoms with Gasteiger partial charge >= 0.3 is 5.76 Å². The molecule has 1 aliphatic rings. The average molecular weight is 290 g/mol. The molecule has 2 aromatic rings. The van der Waals surface area contributed by atoms with E-state index in [1.165, 1.54) is 12.8 Å². The van der Waals surface area contributed by atoms with Crippen LogP contribution >= 0.6 is 0 Å². The zero-order valence-corrected chi connectivity index (χ0v) is 12.2. The second-order valence-electron chi connectivity index (χ2n) is 5.71. The first kappa shape index (κ1) is 14.4. The lowest BCUT2D eigenvalue weighted by molar-refractivity contribution is 0.120. The molecule has 21 heavy (non-hydrogen) atoms. The van der Waals surface area contributed by atoms with Crippen molar-refractivity contribution in [3.8, 4) is 0 Å². The Hall–Kier alpha value is -1.59. The molecular weight excluding hydrogens is 268 g/mol. The SMILES string of the molecule is O=c1oc2ccccc2n1CCN1CCCCCC1CO. The van der Waals surface area contributed by atoms with E-state index in [2.05, 4.69) is 4.90 Å². The van der Waals surface area contributed by atoms with Crippen molar-refractivity contribution in [2.45, 2.75) is 38.3 Å². The molecule has 1 unspecified atom stereocenters. The topological polar surface area (TPSA) is 58.6 Å². The van der Waals surface area contributed by atoms with Gasteiger partial charge in [-0.05, 0) is 31.5 Å². The van der Waals surface area contributed by atoms with Crippen LogP contribution in [-0.4, -0.2) is 40.3 Å². The summed E-state index contributed by atoms with van der Waals surface area (Å²) in [5, 5.41) is 9.54. The molecule has 0 spiro atoms. The highest BCUT2D eigenvalue weighted by molar-refractivity contribution is 5.72. The third kappa shape index (κ3) is 3.04. The lowest BCUT2D eigenvalue weighted by Gasteiger charge is -2.28. The van der Waals surface area contributed by atoms with Crippen LogP contribution in [0.15, 0.2) is 33.5 Å². The van der Waals surface area contributed by atoms with E-state index in [0.717, 1.165) is 31.4 Å². The third-order valence-corrected chi connectivity index (χ3v) is 4.39. The molecule has 1 fully saturated rings. The number of aliphatic hydroxyl groups excluding tert-OH is 1. The van der Waals surface area contributed by atoms with E-state index in [1.807, 2.05) is 24.3 Å². The predicted molar refractivity (Wildman–Crippen MR) is 81.4 cm³/mol. The second kappa shape index (κ2) is 6.45. The predicted octanol–water partition coefficient (Wildman–Crippen LogP) is 1.83. The minimum absolute atomic E-state index is 0.195. The standard InChI is InChI=1S/C16H22N2O3/c19-12-13-6-2-1-5-9-17(13)10-11-18-14-7-3-4-8-15(14)21-16(18)20/h3-4,7-8,13,19H,1-2,5-6,9-12H2. The summed E-state index contributed by atoms with van der Waals surface area (Å²) in [5.41, 5.74) is 1.48. The van der Waals surface area contributed by atoms with Crippen LogP contribution in [0.2, 0.25) is 0 Å². The fraction of sp³-hybridized carbons (Fsp3) is 0.562. The van der Waals surface area contributed by atoms with Gasteiger partial charge in [0.05, 0.1) is 12.1 Å². The quantitative estimate of drug-likeness (QED) is 0.933. The summed E-state index contributed by atoms with van der Waals surface area (Å²) in [5.74, 6) is -0.299. The fourth-order valence-corrected chi connectivity index (χ4v) is 3.19. The molecule has 0 aliphatic carbocycles. The molecule has 5 nitrogen and oxygen atoms in total. The number of nitrogens with zero attached hydrogens (tertiary/aromatic N) is 2. The van der Waals surface area contributed by atoms with Crippen LogP contribution in [0, 0.1) is 0 Å². The van der Waals surface area contributed by atoms with Crippen molar-refractivity contribution >= 4 is 11.1 Å². The highest BCUT2D eigenvalue weighted by atomic mass is 16.4. The van der Waals surface area contributed by atoms with Crippen LogP contribution in [0.4, 0.5) is 0 Å². The summed E-state index contributed by atoms with van der Waals surface area (Å²) in [7, 11) is 0. The Morgan fingerprint density at radius 2 is 2.05 bits per heavy atom. The Bertz CT molecular complexity index is 646. The molecule has 3 rings (SSSR count). The largest absolute Gasteiger partial charge is 0.419 e. The van der Waals surface area contributed by atoms with E-state index < -0.39 is 0 Å². The first-order valence-electron chi connectivity index (χ1n) is 7.73. The van der Waals surface area contributed by atoms with Crippen molar-refractivity contribution in [3.05, 3.63) is 34.8 Å². The molecule has 0 bridgehead atoms. The molecule has 1 N–H and O–H groups in total. The monoisotopic (exact) mass is 290 g/mol. The molecule has 5 heteroatoms. The molecule has 1 atom stereocenters. The highest BCUT2D eigenvalue weighted by Crippen LogP contribution is 2.17. The number of aliphatic hydroxyl groups is 1. The van der Waals surface area contributed by atoms with Gasteiger partial charge in [-0.2, -0.15) is 0 Å². The molecular formula is C16H22N2O3. The number of aromatic nitrogens is 1. The summed E-state index contributed by atoms with van der Waals surface area (Å²) in [6, 6.07) is 7.73. The van der Waals surface area contributed by atoms with E-state index in [0.29, 0.717) is 12.1 Å². The molecule has 0 amide bonds. The third-order valence-electron chi connectivity index (χ3n) is 4.39. The van der Waals surface area contributed by atoms with Gasteiger partial charge in [0.15, 0.2) is 5.58 Å². The normalized spacial score (nSPS) is 20.7. The van der Waals surface area contributed by atoms with Crippen LogP contribution < -0.4 is 5.76 Å². The molecule has 1 aromatic heterocycles. The van der Waals surface area contributed by atoms with E-state index in [1.54, 1.807) is 4.57 Å². The van der Waals surface area contributed by atoms with Crippen LogP contribution in [0.3, 0.4) is 0 Å². The van der Waals surface area contributed by atoms with E-state index in [9.17, 15) is 9.90 Å². The van der Waals surface area contributed by atoms with Gasteiger partial charge in [-0.3, -0.25) is 9.47 Å². The number of hydrogen-bond acceptors (Lipinski definition) is 4. The number of benzene rings is 1. The van der Waals surface area contributed by atoms with E-state index in [4.69, 9.17) is 4.42 Å². The first-order chi connectivity index (χ1) is 10.3. The van der Waals surface area contributed by atoms with Gasteiger partial charge in [0.2, 0.25) is 0 Å². The first-order valence-corrected chi connectivity index (χ1v) is 7.73. The van der Waals surface area contributed by atoms with Crippen LogP contribution in [0.25, 0.3) is 11.1 Å². The Kier molecular flexibility index (Phi) is 4.41. The molecule has 1 saturated heterocycles. The maximum atomic E-state index is 12.0. The Balaban J connectivity index is 1.76. The van der Waals surface area contributed by atoms with Crippen molar-refractivity contribution in [2.75, 3.05) is 19.7 Å². The van der Waals surface area contributed by atoms with Gasteiger partial charge in [-0.25, -0.2) is 4.79 Å². The summed E-state index contributed by atoms with van der Waals surface area (Å²) in [4.78, 5) is 14.3. The van der Waals surface area contributed by atoms with E-state index >= 15 is 0 Å². The molecule has 1 aromatic carbocycles. The fourth-order valence-electron chi connectivity index (χ4n) is 3.19. The minimum Gasteiger partial charge on any atom is -0.408 e. The van der Waals surface area contributed by atoms with Crippen molar-refractivity contribution in [1.29, 1.82) is 0 Å². The van der Waals surface area contributed by atoms with Gasteiger partial charge < -0.3 is 9.52 Å². The summed E-state index contributed by atoms with van der Waals surface area (Å²) < 4.78 is 6.95. The lowest BCUT2D eigenvalue weighted by atomic mass is 10.1. The van der Waals surface area contributed by atoms with Gasteiger partial charge in [-0.1, -0.05) is 25.0 Å². The van der Waals surface area contributed by atoms with Gasteiger partial charge in [0.1, 0.15) is 0 Å². The van der Waals surface area contributed by atoms with Gasteiger partial charge in [0, 0.05) is 19.1 Å². The van der Waals surface area contributed by atoms with Crippen molar-refractivity contribution < 1.29 is 9.52 Å². The lowest BCUT2D eigenvalue weighted by Crippen LogP contribution is -2.40. The summed E-state index contributed by atoms with van der Waals surface area (Å²) >= 11 is 0. The number of likely N-dealkylation sites (tertiary alicyclic amines) is 1. The number of rotatable bonds is 4. The van der Waals surface area contributed by atoms with Gasteiger partial charge in [0.25, 0.3) is 0 Å². The zero-order chi connectivity index (χ0) is 14.7. The number of oxazole rings is 1. The van der Waals surface area contributed by atoms with Crippen molar-refractivity contribution in [2.24, 2.45) is 0 Å². The number of hydrogen-bond donors (Lipinski definition) is 1. The van der Waals surface area contributed by atoms with Gasteiger partial charge in [-0.15, -0.1) is 0 Å². The van der Waals surface area contributed by atoms with Crippen molar-refractivity contribution in [1.82, 2.24) is 9.47 Å². The van der Waals surface area contributed by atoms with Crippen LogP contribution in [-0.2, 0) is 6.54 Å². The molecule has 114 valence electrons. The Labute approximate surface area is 123 Å². The Morgan fingerprint density at radius 3 is 2.90 bits per heavy atom. The molecule has 0 saturated carbocycles. The highest BCUT2D eigenvalue weighted by Gasteiger charge is 2.20. The van der Waals surface area contributed by atoms with Crippen molar-refractivity contribution in [3.63, 3.8) is 0 Å². The molecule has 0 radical (unpaired) electrons. The molecule has 2 heterocycles. The molecule has 1 aliphatic heterocycles. The second-order valence-corrected chi connectivity index (χ2v) is 5.71. The smallest absolute Gasteiger partial charge is 0.408 e. The summed E-state index contributed by atoms with van der Waals surface area (Å²) in [6.07, 6.45) is 4.60. The maximum Gasteiger partial charge on any atom is 0.419 e. The number of para-hydroxylation sites is 2. The minimum atomic E-state index is -0.299. The zero-order valence-electron chi connectivity index (χ0n) is 12.2. The Morgan fingerprint density at radius 1 is 1.19 bits per heavy atom. The van der Waals surface area contributed by atoms with Crippen LogP contribution in [0.5, 0.6) is 0 Å². The number of fused-ring (bicyclic) bond motifs is 1. The van der Waals surface area contributed by atoms with E-state index in [-0.39, 0.29) is 18.4 Å². The maximum absolute atomic E-state index is 12.0. The average Bonchev–Trinajstić information content (AvgIpc) is 2.68. The van der Waals surface area contributed by atoms with Crippen LogP contribution in [0.1, 0.15) is 25.7 Å².